The van der Waals surface area contributed by atoms with Gasteiger partial charge in [0.1, 0.15) is 10.6 Å². The molecule has 0 radical (unpaired) electrons. The van der Waals surface area contributed by atoms with E-state index in [4.69, 9.17) is 4.74 Å². The summed E-state index contributed by atoms with van der Waals surface area (Å²) in [7, 11) is -2.03. The van der Waals surface area contributed by atoms with Gasteiger partial charge in [-0.25, -0.2) is 13.1 Å². The first-order chi connectivity index (χ1) is 7.51. The van der Waals surface area contributed by atoms with Crippen LogP contribution in [0.4, 0.5) is 0 Å². The molecule has 0 amide bonds. The molecule has 0 fully saturated rings. The molecule has 1 aromatic rings. The van der Waals surface area contributed by atoms with Crippen molar-refractivity contribution in [3.8, 4) is 5.75 Å². The number of nitrogens with one attached hydrogen (secondary N) is 1. The lowest BCUT2D eigenvalue weighted by Gasteiger charge is -2.10. The van der Waals surface area contributed by atoms with Gasteiger partial charge in [-0.05, 0) is 24.6 Å². The molecule has 0 aliphatic carbocycles. The Labute approximate surface area is 104 Å². The SMILES string of the molecule is CCCNS(=O)(=O)c1ccc(Br)cc1OC. The first-order valence-corrected chi connectivity index (χ1v) is 7.12. The molecule has 0 aromatic heterocycles. The fraction of sp³-hybridized carbons (Fsp3) is 0.400. The van der Waals surface area contributed by atoms with Crippen molar-refractivity contribution >= 4 is 26.0 Å². The van der Waals surface area contributed by atoms with Crippen LogP contribution in [0.3, 0.4) is 0 Å². The van der Waals surface area contributed by atoms with Gasteiger partial charge < -0.3 is 4.74 Å². The zero-order valence-electron chi connectivity index (χ0n) is 9.16. The van der Waals surface area contributed by atoms with E-state index >= 15 is 0 Å². The highest BCUT2D eigenvalue weighted by molar-refractivity contribution is 9.10. The van der Waals surface area contributed by atoms with Crippen LogP contribution < -0.4 is 9.46 Å². The van der Waals surface area contributed by atoms with Crippen molar-refractivity contribution in [1.82, 2.24) is 4.72 Å². The van der Waals surface area contributed by atoms with Crippen LogP contribution in [0.2, 0.25) is 0 Å². The van der Waals surface area contributed by atoms with Gasteiger partial charge in [0.05, 0.1) is 7.11 Å². The minimum atomic E-state index is -3.48. The molecule has 0 saturated carbocycles. The molecule has 0 spiro atoms. The van der Waals surface area contributed by atoms with Crippen LogP contribution >= 0.6 is 15.9 Å². The Balaban J connectivity index is 3.12. The number of benzene rings is 1. The second kappa shape index (κ2) is 5.65. The Morgan fingerprint density at radius 2 is 2.12 bits per heavy atom. The predicted octanol–water partition coefficient (Wildman–Crippen LogP) is 2.15. The zero-order valence-corrected chi connectivity index (χ0v) is 11.6. The van der Waals surface area contributed by atoms with Crippen molar-refractivity contribution in [3.05, 3.63) is 22.7 Å². The first kappa shape index (κ1) is 13.5. The number of methoxy groups -OCH3 is 1. The third-order valence-electron chi connectivity index (χ3n) is 1.96. The number of halogens is 1. The number of hydrogen-bond donors (Lipinski definition) is 1. The summed E-state index contributed by atoms with van der Waals surface area (Å²) < 4.78 is 32.1. The second-order valence-corrected chi connectivity index (χ2v) is 5.84. The lowest BCUT2D eigenvalue weighted by Crippen LogP contribution is -2.24. The molecule has 0 heterocycles. The Morgan fingerprint density at radius 3 is 2.69 bits per heavy atom. The first-order valence-electron chi connectivity index (χ1n) is 4.84. The predicted molar refractivity (Wildman–Crippen MR) is 66.2 cm³/mol. The van der Waals surface area contributed by atoms with Gasteiger partial charge >= 0.3 is 0 Å². The smallest absolute Gasteiger partial charge is 0.244 e. The minimum Gasteiger partial charge on any atom is -0.495 e. The molecule has 4 nitrogen and oxygen atoms in total. The van der Waals surface area contributed by atoms with Crippen LogP contribution in [-0.2, 0) is 10.0 Å². The normalized spacial score (nSPS) is 11.4. The van der Waals surface area contributed by atoms with E-state index in [1.165, 1.54) is 13.2 Å². The summed E-state index contributed by atoms with van der Waals surface area (Å²) in [5, 5.41) is 0. The highest BCUT2D eigenvalue weighted by atomic mass is 79.9. The third-order valence-corrected chi connectivity index (χ3v) is 3.95. The van der Waals surface area contributed by atoms with Crippen molar-refractivity contribution in [3.63, 3.8) is 0 Å². The summed E-state index contributed by atoms with van der Waals surface area (Å²) in [6, 6.07) is 4.81. The van der Waals surface area contributed by atoms with Crippen molar-refractivity contribution in [1.29, 1.82) is 0 Å². The molecule has 0 unspecified atom stereocenters. The van der Waals surface area contributed by atoms with Crippen LogP contribution in [0.1, 0.15) is 13.3 Å². The maximum atomic E-state index is 11.9. The van der Waals surface area contributed by atoms with Crippen LogP contribution in [0.5, 0.6) is 5.75 Å². The van der Waals surface area contributed by atoms with Gasteiger partial charge in [0, 0.05) is 11.0 Å². The van der Waals surface area contributed by atoms with Gasteiger partial charge in [0.25, 0.3) is 0 Å². The Bertz CT molecular complexity index is 459. The summed E-state index contributed by atoms with van der Waals surface area (Å²) >= 11 is 3.26. The van der Waals surface area contributed by atoms with E-state index in [1.807, 2.05) is 6.92 Å². The fourth-order valence-corrected chi connectivity index (χ4v) is 2.80. The highest BCUT2D eigenvalue weighted by Gasteiger charge is 2.18. The number of rotatable bonds is 5. The van der Waals surface area contributed by atoms with Crippen LogP contribution in [0.15, 0.2) is 27.6 Å². The average Bonchev–Trinajstić information content (AvgIpc) is 2.26. The average molecular weight is 308 g/mol. The van der Waals surface area contributed by atoms with Crippen LogP contribution in [0, 0.1) is 0 Å². The topological polar surface area (TPSA) is 55.4 Å². The summed E-state index contributed by atoms with van der Waals surface area (Å²) in [4.78, 5) is 0.159. The Kier molecular flexibility index (Phi) is 4.76. The number of hydrogen-bond acceptors (Lipinski definition) is 3. The Morgan fingerprint density at radius 1 is 1.44 bits per heavy atom. The minimum absolute atomic E-state index is 0.159. The maximum Gasteiger partial charge on any atom is 0.244 e. The fourth-order valence-electron chi connectivity index (χ4n) is 1.18. The van der Waals surface area contributed by atoms with Gasteiger partial charge in [-0.15, -0.1) is 0 Å². The largest absolute Gasteiger partial charge is 0.495 e. The summed E-state index contributed by atoms with van der Waals surface area (Å²) in [6.07, 6.45) is 0.748. The van der Waals surface area contributed by atoms with E-state index in [9.17, 15) is 8.42 Å². The molecule has 0 saturated heterocycles. The maximum absolute atomic E-state index is 11.9. The van der Waals surface area contributed by atoms with E-state index in [-0.39, 0.29) is 4.90 Å². The van der Waals surface area contributed by atoms with E-state index < -0.39 is 10.0 Å². The van der Waals surface area contributed by atoms with E-state index in [0.717, 1.165) is 10.9 Å². The van der Waals surface area contributed by atoms with Gasteiger partial charge in [-0.2, -0.15) is 0 Å². The van der Waals surface area contributed by atoms with Crippen molar-refractivity contribution in [2.45, 2.75) is 18.2 Å². The molecular formula is C10H14BrNO3S. The van der Waals surface area contributed by atoms with Crippen molar-refractivity contribution in [2.75, 3.05) is 13.7 Å². The van der Waals surface area contributed by atoms with Gasteiger partial charge in [0.15, 0.2) is 0 Å². The van der Waals surface area contributed by atoms with Crippen LogP contribution in [0.25, 0.3) is 0 Å². The molecular weight excluding hydrogens is 294 g/mol. The molecule has 1 rings (SSSR count). The summed E-state index contributed by atoms with van der Waals surface area (Å²) in [6.45, 7) is 2.32. The molecule has 1 aromatic carbocycles. The molecule has 0 aliphatic rings. The van der Waals surface area contributed by atoms with Crippen molar-refractivity contribution in [2.24, 2.45) is 0 Å². The molecule has 1 N–H and O–H groups in total. The quantitative estimate of drug-likeness (QED) is 0.907. The molecule has 0 aliphatic heterocycles. The number of sulfonamides is 1. The molecule has 0 bridgehead atoms. The molecule has 0 atom stereocenters. The monoisotopic (exact) mass is 307 g/mol. The molecule has 16 heavy (non-hydrogen) atoms. The summed E-state index contributed by atoms with van der Waals surface area (Å²) in [5.41, 5.74) is 0. The van der Waals surface area contributed by atoms with E-state index in [2.05, 4.69) is 20.7 Å². The second-order valence-electron chi connectivity index (χ2n) is 3.19. The van der Waals surface area contributed by atoms with E-state index in [1.54, 1.807) is 12.1 Å². The zero-order chi connectivity index (χ0) is 12.2. The third kappa shape index (κ3) is 3.20. The highest BCUT2D eigenvalue weighted by Crippen LogP contribution is 2.27. The van der Waals surface area contributed by atoms with Gasteiger partial charge in [-0.1, -0.05) is 22.9 Å². The van der Waals surface area contributed by atoms with Gasteiger partial charge in [-0.3, -0.25) is 0 Å². The van der Waals surface area contributed by atoms with E-state index in [0.29, 0.717) is 12.3 Å². The van der Waals surface area contributed by atoms with Crippen molar-refractivity contribution < 1.29 is 13.2 Å². The van der Waals surface area contributed by atoms with Gasteiger partial charge in [0.2, 0.25) is 10.0 Å². The summed E-state index contributed by atoms with van der Waals surface area (Å²) in [5.74, 6) is 0.331. The number of ether oxygens (including phenoxy) is 1. The lowest BCUT2D eigenvalue weighted by molar-refractivity contribution is 0.402. The Hall–Kier alpha value is -0.590. The standard InChI is InChI=1S/C10H14BrNO3S/c1-3-6-12-16(13,14)10-5-4-8(11)7-9(10)15-2/h4-5,7,12H,3,6H2,1-2H3. The molecule has 90 valence electrons. The lowest BCUT2D eigenvalue weighted by atomic mass is 10.3. The van der Waals surface area contributed by atoms with Crippen LogP contribution in [-0.4, -0.2) is 22.1 Å². The molecule has 6 heteroatoms.